The highest BCUT2D eigenvalue weighted by molar-refractivity contribution is 5.95. The predicted molar refractivity (Wildman–Crippen MR) is 88.7 cm³/mol. The number of para-hydroxylation sites is 1. The summed E-state index contributed by atoms with van der Waals surface area (Å²) >= 11 is 0. The molecule has 0 saturated heterocycles. The molecular weight excluding hydrogens is 292 g/mol. The smallest absolute Gasteiger partial charge is 0.251 e. The number of nitrogens with one attached hydrogen (secondary N) is 2. The molecule has 0 saturated carbocycles. The Labute approximate surface area is 133 Å². The SMILES string of the molecule is O=C(NCCO)c1ccc(Nc2ncnc3ccccc23)cc1. The third-order valence-electron chi connectivity index (χ3n) is 3.35. The van der Waals surface area contributed by atoms with Crippen molar-refractivity contribution in [1.82, 2.24) is 15.3 Å². The van der Waals surface area contributed by atoms with Gasteiger partial charge in [0.05, 0.1) is 12.1 Å². The number of hydrogen-bond acceptors (Lipinski definition) is 5. The van der Waals surface area contributed by atoms with Gasteiger partial charge in [0.2, 0.25) is 0 Å². The van der Waals surface area contributed by atoms with Crippen LogP contribution in [-0.4, -0.2) is 34.1 Å². The Hall–Kier alpha value is -2.99. The molecule has 3 rings (SSSR count). The van der Waals surface area contributed by atoms with Crippen molar-refractivity contribution in [3.05, 3.63) is 60.4 Å². The van der Waals surface area contributed by atoms with Crippen molar-refractivity contribution >= 4 is 28.3 Å². The number of hydrogen-bond donors (Lipinski definition) is 3. The number of aliphatic hydroxyl groups is 1. The number of aromatic nitrogens is 2. The number of aliphatic hydroxyl groups excluding tert-OH is 1. The summed E-state index contributed by atoms with van der Waals surface area (Å²) in [7, 11) is 0. The Morgan fingerprint density at radius 1 is 1.04 bits per heavy atom. The molecule has 0 atom stereocenters. The molecule has 6 nitrogen and oxygen atoms in total. The molecule has 116 valence electrons. The molecule has 0 aliphatic rings. The summed E-state index contributed by atoms with van der Waals surface area (Å²) in [4.78, 5) is 20.3. The van der Waals surface area contributed by atoms with Crippen LogP contribution in [0, 0.1) is 0 Å². The van der Waals surface area contributed by atoms with Crippen LogP contribution in [0.5, 0.6) is 0 Å². The maximum atomic E-state index is 11.8. The van der Waals surface area contributed by atoms with E-state index in [1.54, 1.807) is 12.1 Å². The molecule has 0 spiro atoms. The molecule has 6 heteroatoms. The van der Waals surface area contributed by atoms with Crippen molar-refractivity contribution in [2.45, 2.75) is 0 Å². The van der Waals surface area contributed by atoms with Gasteiger partial charge in [-0.2, -0.15) is 0 Å². The monoisotopic (exact) mass is 308 g/mol. The Morgan fingerprint density at radius 3 is 2.61 bits per heavy atom. The first-order chi connectivity index (χ1) is 11.3. The van der Waals surface area contributed by atoms with Crippen molar-refractivity contribution in [2.75, 3.05) is 18.5 Å². The molecule has 0 radical (unpaired) electrons. The van der Waals surface area contributed by atoms with E-state index in [0.717, 1.165) is 16.6 Å². The van der Waals surface area contributed by atoms with Gasteiger partial charge in [0.1, 0.15) is 12.1 Å². The van der Waals surface area contributed by atoms with Crippen LogP contribution >= 0.6 is 0 Å². The van der Waals surface area contributed by atoms with Crippen molar-refractivity contribution in [3.8, 4) is 0 Å². The van der Waals surface area contributed by atoms with Crippen molar-refractivity contribution in [3.63, 3.8) is 0 Å². The molecule has 0 aliphatic heterocycles. The zero-order chi connectivity index (χ0) is 16.1. The Morgan fingerprint density at radius 2 is 1.83 bits per heavy atom. The van der Waals surface area contributed by atoms with E-state index in [4.69, 9.17) is 5.11 Å². The zero-order valence-electron chi connectivity index (χ0n) is 12.4. The molecule has 23 heavy (non-hydrogen) atoms. The maximum Gasteiger partial charge on any atom is 0.251 e. The largest absolute Gasteiger partial charge is 0.395 e. The fourth-order valence-corrected chi connectivity index (χ4v) is 2.22. The van der Waals surface area contributed by atoms with Crippen LogP contribution in [0.25, 0.3) is 10.9 Å². The van der Waals surface area contributed by atoms with Gasteiger partial charge in [-0.15, -0.1) is 0 Å². The van der Waals surface area contributed by atoms with Crippen LogP contribution in [0.2, 0.25) is 0 Å². The second-order valence-corrected chi connectivity index (χ2v) is 4.92. The van der Waals surface area contributed by atoms with Gasteiger partial charge < -0.3 is 15.7 Å². The molecule has 3 aromatic rings. The van der Waals surface area contributed by atoms with E-state index in [1.807, 2.05) is 36.4 Å². The molecule has 1 aromatic heterocycles. The van der Waals surface area contributed by atoms with E-state index in [2.05, 4.69) is 20.6 Å². The van der Waals surface area contributed by atoms with Crippen molar-refractivity contribution in [2.24, 2.45) is 0 Å². The lowest BCUT2D eigenvalue weighted by Crippen LogP contribution is -2.26. The summed E-state index contributed by atoms with van der Waals surface area (Å²) in [6.07, 6.45) is 1.52. The van der Waals surface area contributed by atoms with E-state index < -0.39 is 0 Å². The highest BCUT2D eigenvalue weighted by atomic mass is 16.3. The van der Waals surface area contributed by atoms with E-state index in [1.165, 1.54) is 6.33 Å². The molecule has 3 N–H and O–H groups in total. The normalized spacial score (nSPS) is 10.5. The van der Waals surface area contributed by atoms with Gasteiger partial charge in [-0.25, -0.2) is 9.97 Å². The molecule has 0 fully saturated rings. The van der Waals surface area contributed by atoms with Crippen LogP contribution in [0.3, 0.4) is 0 Å². The Balaban J connectivity index is 1.79. The summed E-state index contributed by atoms with van der Waals surface area (Å²) in [6.45, 7) is 0.165. The van der Waals surface area contributed by atoms with Crippen LogP contribution in [0.1, 0.15) is 10.4 Å². The Bertz CT molecular complexity index is 813. The number of carbonyl (C=O) groups is 1. The molecular formula is C17H16N4O2. The molecule has 1 heterocycles. The number of anilines is 2. The van der Waals surface area contributed by atoms with Crippen molar-refractivity contribution in [1.29, 1.82) is 0 Å². The zero-order valence-corrected chi connectivity index (χ0v) is 12.4. The fraction of sp³-hybridized carbons (Fsp3) is 0.118. The Kier molecular flexibility index (Phi) is 4.44. The second-order valence-electron chi connectivity index (χ2n) is 4.92. The first-order valence-electron chi connectivity index (χ1n) is 7.24. The van der Waals surface area contributed by atoms with Gasteiger partial charge in [0, 0.05) is 23.2 Å². The molecule has 1 amide bonds. The topological polar surface area (TPSA) is 87.1 Å². The third-order valence-corrected chi connectivity index (χ3v) is 3.35. The lowest BCUT2D eigenvalue weighted by molar-refractivity contribution is 0.0945. The number of amides is 1. The molecule has 0 aliphatic carbocycles. The highest BCUT2D eigenvalue weighted by Crippen LogP contribution is 2.22. The first-order valence-corrected chi connectivity index (χ1v) is 7.24. The number of benzene rings is 2. The predicted octanol–water partition coefficient (Wildman–Crippen LogP) is 2.10. The summed E-state index contributed by atoms with van der Waals surface area (Å²) in [5, 5.41) is 15.5. The van der Waals surface area contributed by atoms with Gasteiger partial charge >= 0.3 is 0 Å². The van der Waals surface area contributed by atoms with E-state index in [9.17, 15) is 4.79 Å². The minimum atomic E-state index is -0.210. The highest BCUT2D eigenvalue weighted by Gasteiger charge is 2.06. The summed E-state index contributed by atoms with van der Waals surface area (Å²) in [6, 6.07) is 14.8. The standard InChI is InChI=1S/C17H16N4O2/c22-10-9-18-17(23)12-5-7-13(8-6-12)21-16-14-3-1-2-4-15(14)19-11-20-16/h1-8,11,22H,9-10H2,(H,18,23)(H,19,20,21). The van der Waals surface area contributed by atoms with Gasteiger partial charge in [-0.05, 0) is 36.4 Å². The maximum absolute atomic E-state index is 11.8. The molecule has 0 bridgehead atoms. The van der Waals surface area contributed by atoms with Crippen LogP contribution in [-0.2, 0) is 0 Å². The fourth-order valence-electron chi connectivity index (χ4n) is 2.22. The quantitative estimate of drug-likeness (QED) is 0.672. The van der Waals surface area contributed by atoms with Gasteiger partial charge in [0.25, 0.3) is 5.91 Å². The van der Waals surface area contributed by atoms with E-state index in [-0.39, 0.29) is 19.1 Å². The van der Waals surface area contributed by atoms with Gasteiger partial charge in [-0.1, -0.05) is 12.1 Å². The average molecular weight is 308 g/mol. The second kappa shape index (κ2) is 6.85. The summed E-state index contributed by atoms with van der Waals surface area (Å²) < 4.78 is 0. The van der Waals surface area contributed by atoms with Crippen molar-refractivity contribution < 1.29 is 9.90 Å². The minimum Gasteiger partial charge on any atom is -0.395 e. The van der Waals surface area contributed by atoms with Gasteiger partial charge in [-0.3, -0.25) is 4.79 Å². The van der Waals surface area contributed by atoms with Crippen LogP contribution in [0.15, 0.2) is 54.9 Å². The van der Waals surface area contributed by atoms with E-state index >= 15 is 0 Å². The van der Waals surface area contributed by atoms with Gasteiger partial charge in [0.15, 0.2) is 0 Å². The number of carbonyl (C=O) groups excluding carboxylic acids is 1. The lowest BCUT2D eigenvalue weighted by atomic mass is 10.2. The minimum absolute atomic E-state index is 0.0772. The summed E-state index contributed by atoms with van der Waals surface area (Å²) in [5.74, 6) is 0.506. The number of fused-ring (bicyclic) bond motifs is 1. The first kappa shape index (κ1) is 14.9. The average Bonchev–Trinajstić information content (AvgIpc) is 2.60. The van der Waals surface area contributed by atoms with E-state index in [0.29, 0.717) is 11.4 Å². The molecule has 2 aromatic carbocycles. The number of nitrogens with zero attached hydrogens (tertiary/aromatic N) is 2. The summed E-state index contributed by atoms with van der Waals surface area (Å²) in [5.41, 5.74) is 2.23. The third kappa shape index (κ3) is 3.44. The van der Waals surface area contributed by atoms with Crippen LogP contribution in [0.4, 0.5) is 11.5 Å². The number of rotatable bonds is 5. The lowest BCUT2D eigenvalue weighted by Gasteiger charge is -2.09. The molecule has 0 unspecified atom stereocenters. The van der Waals surface area contributed by atoms with Crippen LogP contribution < -0.4 is 10.6 Å².